The summed E-state index contributed by atoms with van der Waals surface area (Å²) in [6.07, 6.45) is 5.58. The molecule has 6 rings (SSSR count). The largest absolute Gasteiger partial charge is 0.469 e. The molecule has 7 heteroatoms. The molecule has 1 N–H and O–H groups in total. The number of rotatable bonds is 4. The number of carbonyl (C=O) groups excluding carboxylic acids is 1. The second kappa shape index (κ2) is 7.41. The minimum absolute atomic E-state index is 0.0440. The summed E-state index contributed by atoms with van der Waals surface area (Å²) in [4.78, 5) is 26.9. The molecule has 2 bridgehead atoms. The van der Waals surface area contributed by atoms with Crippen LogP contribution in [0.2, 0.25) is 0 Å². The molecule has 3 aromatic rings. The Morgan fingerprint density at radius 3 is 2.84 bits per heavy atom. The summed E-state index contributed by atoms with van der Waals surface area (Å²) in [5, 5.41) is 4.45. The Kier molecular flexibility index (Phi) is 4.65. The maximum absolute atomic E-state index is 13.0. The van der Waals surface area contributed by atoms with E-state index in [1.54, 1.807) is 10.8 Å². The number of nitrogens with zero attached hydrogens (tertiary/aromatic N) is 1. The third-order valence-corrected chi connectivity index (χ3v) is 10.1. The van der Waals surface area contributed by atoms with Gasteiger partial charge in [0, 0.05) is 10.9 Å². The lowest BCUT2D eigenvalue weighted by Gasteiger charge is -2.39. The summed E-state index contributed by atoms with van der Waals surface area (Å²) in [5.41, 5.74) is 1.80. The van der Waals surface area contributed by atoms with E-state index < -0.39 is 0 Å². The fourth-order valence-corrected chi connectivity index (χ4v) is 9.05. The molecule has 2 aromatic heterocycles. The van der Waals surface area contributed by atoms with Crippen LogP contribution in [-0.4, -0.2) is 15.7 Å². The number of fused-ring (bicyclic) bond motifs is 6. The highest BCUT2D eigenvalue weighted by Crippen LogP contribution is 2.64. The van der Waals surface area contributed by atoms with Gasteiger partial charge in [0.05, 0.1) is 22.1 Å². The summed E-state index contributed by atoms with van der Waals surface area (Å²) in [6, 6.07) is 11.7. The first-order chi connectivity index (χ1) is 15.1. The third kappa shape index (κ3) is 3.12. The summed E-state index contributed by atoms with van der Waals surface area (Å²) < 4.78 is 7.57. The van der Waals surface area contributed by atoms with Crippen LogP contribution < -0.4 is 10.2 Å². The minimum Gasteiger partial charge on any atom is -0.469 e. The van der Waals surface area contributed by atoms with E-state index in [9.17, 15) is 9.59 Å². The Labute approximate surface area is 188 Å². The van der Waals surface area contributed by atoms with Gasteiger partial charge in [-0.2, -0.15) is 0 Å². The van der Waals surface area contributed by atoms with E-state index >= 15 is 0 Å². The predicted molar refractivity (Wildman–Crippen MR) is 123 cm³/mol. The van der Waals surface area contributed by atoms with Crippen molar-refractivity contribution in [1.29, 1.82) is 0 Å². The average Bonchev–Trinajstić information content (AvgIpc) is 3.54. The zero-order valence-corrected chi connectivity index (χ0v) is 18.9. The molecule has 5 nitrogen and oxygen atoms in total. The number of aryl methyl sites for hydroxylation is 1. The number of hydrogen-bond donors (Lipinski definition) is 1. The SMILES string of the molecule is Cc1ccccc1NC(=O)Cn1c2c(sc1=O)[C@H](c1ccco1)C1C3CCC(C3)C1S2. The van der Waals surface area contributed by atoms with Crippen LogP contribution >= 0.6 is 23.1 Å². The Bertz CT molecular complexity index is 1200. The first-order valence-corrected chi connectivity index (χ1v) is 12.6. The molecule has 0 radical (unpaired) electrons. The van der Waals surface area contributed by atoms with Crippen molar-refractivity contribution in [1.82, 2.24) is 4.57 Å². The smallest absolute Gasteiger partial charge is 0.308 e. The van der Waals surface area contributed by atoms with Crippen molar-refractivity contribution in [2.45, 2.75) is 48.9 Å². The molecule has 2 fully saturated rings. The van der Waals surface area contributed by atoms with Crippen molar-refractivity contribution in [3.8, 4) is 0 Å². The van der Waals surface area contributed by atoms with Gasteiger partial charge >= 0.3 is 4.87 Å². The summed E-state index contributed by atoms with van der Waals surface area (Å²) in [6.45, 7) is 2.01. The van der Waals surface area contributed by atoms with Gasteiger partial charge in [-0.25, -0.2) is 0 Å². The van der Waals surface area contributed by atoms with Gasteiger partial charge in [-0.15, -0.1) is 11.8 Å². The van der Waals surface area contributed by atoms with Gasteiger partial charge in [-0.1, -0.05) is 29.5 Å². The molecule has 0 saturated heterocycles. The van der Waals surface area contributed by atoms with Gasteiger partial charge in [0.15, 0.2) is 0 Å². The van der Waals surface area contributed by atoms with Crippen molar-refractivity contribution in [3.63, 3.8) is 0 Å². The maximum Gasteiger partial charge on any atom is 0.308 e. The van der Waals surface area contributed by atoms with Gasteiger partial charge in [0.2, 0.25) is 5.91 Å². The summed E-state index contributed by atoms with van der Waals surface area (Å²) >= 11 is 3.14. The molecule has 2 saturated carbocycles. The van der Waals surface area contributed by atoms with Crippen LogP contribution in [0.25, 0.3) is 0 Å². The van der Waals surface area contributed by atoms with Gasteiger partial charge < -0.3 is 9.73 Å². The quantitative estimate of drug-likeness (QED) is 0.598. The van der Waals surface area contributed by atoms with E-state index in [1.807, 2.05) is 55.1 Å². The van der Waals surface area contributed by atoms with Crippen LogP contribution in [0, 0.1) is 24.7 Å². The van der Waals surface area contributed by atoms with Crippen LogP contribution in [0.5, 0.6) is 0 Å². The van der Waals surface area contributed by atoms with E-state index in [0.717, 1.165) is 26.9 Å². The molecule has 3 aliphatic rings. The van der Waals surface area contributed by atoms with Crippen LogP contribution in [-0.2, 0) is 11.3 Å². The Morgan fingerprint density at radius 1 is 1.19 bits per heavy atom. The molecular weight excluding hydrogens is 428 g/mol. The summed E-state index contributed by atoms with van der Waals surface area (Å²) in [7, 11) is 0. The van der Waals surface area contributed by atoms with E-state index in [1.165, 1.54) is 30.6 Å². The van der Waals surface area contributed by atoms with Crippen molar-refractivity contribution < 1.29 is 9.21 Å². The number of amides is 1. The van der Waals surface area contributed by atoms with Crippen LogP contribution in [0.4, 0.5) is 5.69 Å². The zero-order valence-electron chi connectivity index (χ0n) is 17.2. The molecule has 3 heterocycles. The zero-order chi connectivity index (χ0) is 21.1. The monoisotopic (exact) mass is 452 g/mol. The molecule has 160 valence electrons. The van der Waals surface area contributed by atoms with E-state index in [4.69, 9.17) is 4.42 Å². The molecule has 5 atom stereocenters. The third-order valence-electron chi connectivity index (χ3n) is 7.26. The number of furan rings is 1. The lowest BCUT2D eigenvalue weighted by atomic mass is 9.77. The molecule has 1 aromatic carbocycles. The van der Waals surface area contributed by atoms with Gasteiger partial charge in [-0.3, -0.25) is 14.2 Å². The maximum atomic E-state index is 13.0. The van der Waals surface area contributed by atoms with E-state index in [2.05, 4.69) is 5.32 Å². The molecule has 1 amide bonds. The number of carbonyl (C=O) groups is 1. The van der Waals surface area contributed by atoms with Crippen LogP contribution in [0.3, 0.4) is 0 Å². The first-order valence-electron chi connectivity index (χ1n) is 10.9. The molecule has 0 spiro atoms. The first kappa shape index (κ1) is 19.4. The lowest BCUT2D eigenvalue weighted by Crippen LogP contribution is -2.34. The highest BCUT2D eigenvalue weighted by Gasteiger charge is 2.55. The van der Waals surface area contributed by atoms with Crippen molar-refractivity contribution in [3.05, 3.63) is 68.5 Å². The van der Waals surface area contributed by atoms with E-state index in [-0.39, 0.29) is 23.2 Å². The Morgan fingerprint density at radius 2 is 2.03 bits per heavy atom. The number of aromatic nitrogens is 1. The van der Waals surface area contributed by atoms with Gasteiger partial charge in [0.25, 0.3) is 0 Å². The van der Waals surface area contributed by atoms with Crippen molar-refractivity contribution in [2.75, 3.05) is 5.32 Å². The predicted octanol–water partition coefficient (Wildman–Crippen LogP) is 5.10. The second-order valence-electron chi connectivity index (χ2n) is 8.97. The standard InChI is InChI=1S/C24H24N2O3S2/c1-13-5-2-3-6-16(13)25-18(27)12-26-23-22(31-24(26)28)20(17-7-4-10-29-17)19-14-8-9-15(11-14)21(19)30-23/h2-7,10,14-15,19-21H,8-9,11-12H2,1H3,(H,25,27)/t14?,15?,19?,20-,21?/m1/s1. The highest BCUT2D eigenvalue weighted by molar-refractivity contribution is 8.00. The minimum atomic E-state index is -0.165. The molecule has 1 aliphatic heterocycles. The lowest BCUT2D eigenvalue weighted by molar-refractivity contribution is -0.116. The number of thiazole rings is 1. The Balaban J connectivity index is 1.36. The van der Waals surface area contributed by atoms with Gasteiger partial charge in [0.1, 0.15) is 12.3 Å². The van der Waals surface area contributed by atoms with Crippen molar-refractivity contribution in [2.24, 2.45) is 17.8 Å². The number of hydrogen-bond acceptors (Lipinski definition) is 5. The molecular formula is C24H24N2O3S2. The highest BCUT2D eigenvalue weighted by atomic mass is 32.2. The number of benzene rings is 1. The number of thioether (sulfide) groups is 1. The normalized spacial score (nSPS) is 28.4. The second-order valence-corrected chi connectivity index (χ2v) is 11.1. The fourth-order valence-electron chi connectivity index (χ4n) is 5.92. The van der Waals surface area contributed by atoms with Crippen molar-refractivity contribution >= 4 is 34.7 Å². The van der Waals surface area contributed by atoms with Crippen LogP contribution in [0.15, 0.2) is 56.9 Å². The molecule has 31 heavy (non-hydrogen) atoms. The molecule has 2 aliphatic carbocycles. The van der Waals surface area contributed by atoms with Crippen LogP contribution in [0.1, 0.15) is 41.4 Å². The number of anilines is 1. The van der Waals surface area contributed by atoms with Gasteiger partial charge in [-0.05, 0) is 67.7 Å². The Hall–Kier alpha value is -2.25. The average molecular weight is 453 g/mol. The van der Waals surface area contributed by atoms with E-state index in [0.29, 0.717) is 23.0 Å². The fraction of sp³-hybridized carbons (Fsp3) is 0.417. The topological polar surface area (TPSA) is 64.2 Å². The molecule has 4 unspecified atom stereocenters. The number of para-hydroxylation sites is 1. The number of nitrogens with one attached hydrogen (secondary N) is 1. The summed E-state index contributed by atoms with van der Waals surface area (Å²) in [5.74, 6) is 2.86.